The van der Waals surface area contributed by atoms with Gasteiger partial charge in [-0.2, -0.15) is 17.5 Å². The number of hydrogen-bond acceptors (Lipinski definition) is 3. The van der Waals surface area contributed by atoms with Gasteiger partial charge >= 0.3 is 6.18 Å². The van der Waals surface area contributed by atoms with Crippen LogP contribution in [-0.4, -0.2) is 30.7 Å². The molecule has 0 aliphatic rings. The Balaban J connectivity index is 2.48. The van der Waals surface area contributed by atoms with E-state index in [9.17, 15) is 26.4 Å². The number of hydrogen-bond donors (Lipinski definition) is 1. The van der Waals surface area contributed by atoms with Crippen molar-refractivity contribution in [2.75, 3.05) is 6.54 Å². The van der Waals surface area contributed by atoms with Crippen molar-refractivity contribution in [2.24, 2.45) is 0 Å². The van der Waals surface area contributed by atoms with E-state index in [2.05, 4.69) is 5.32 Å². The van der Waals surface area contributed by atoms with Crippen LogP contribution in [0.25, 0.3) is 0 Å². The Labute approximate surface area is 168 Å². The number of rotatable bonds is 6. The number of sulfonamides is 1. The molecule has 2 rings (SSSR count). The third-order valence-electron chi connectivity index (χ3n) is 3.85. The molecule has 0 fully saturated rings. The fraction of sp³-hybridized carbons (Fsp3) is 0.350. The van der Waals surface area contributed by atoms with E-state index in [0.29, 0.717) is 11.6 Å². The number of benzene rings is 2. The van der Waals surface area contributed by atoms with Gasteiger partial charge in [-0.25, -0.2) is 8.42 Å². The molecule has 2 aromatic carbocycles. The first-order valence-corrected chi connectivity index (χ1v) is 10.3. The summed E-state index contributed by atoms with van der Waals surface area (Å²) >= 11 is 0. The maximum Gasteiger partial charge on any atom is 0.417 e. The van der Waals surface area contributed by atoms with Gasteiger partial charge < -0.3 is 5.32 Å². The Morgan fingerprint density at radius 1 is 0.966 bits per heavy atom. The molecule has 0 spiro atoms. The molecule has 0 aliphatic carbocycles. The van der Waals surface area contributed by atoms with Crippen molar-refractivity contribution in [1.29, 1.82) is 0 Å². The summed E-state index contributed by atoms with van der Waals surface area (Å²) in [6.07, 6.45) is -4.85. The maximum atomic E-state index is 13.4. The van der Waals surface area contributed by atoms with E-state index in [1.165, 1.54) is 6.07 Å². The van der Waals surface area contributed by atoms with Crippen molar-refractivity contribution in [1.82, 2.24) is 9.62 Å². The average Bonchev–Trinajstić information content (AvgIpc) is 2.60. The topological polar surface area (TPSA) is 66.5 Å². The van der Waals surface area contributed by atoms with E-state index in [1.807, 2.05) is 0 Å². The first-order chi connectivity index (χ1) is 13.3. The standard InChI is InChI=1S/C20H23F3N2O3S/c1-19(2,3)24-18(26)14-25(13-15-9-5-4-6-10-15)29(27,28)17-12-8-7-11-16(17)20(21,22)23/h4-12H,13-14H2,1-3H3,(H,24,26). The lowest BCUT2D eigenvalue weighted by atomic mass is 10.1. The van der Waals surface area contributed by atoms with Gasteiger partial charge in [-0.05, 0) is 38.5 Å². The fourth-order valence-electron chi connectivity index (χ4n) is 2.70. The zero-order valence-electron chi connectivity index (χ0n) is 16.3. The van der Waals surface area contributed by atoms with Gasteiger partial charge in [0.2, 0.25) is 15.9 Å². The fourth-order valence-corrected chi connectivity index (χ4v) is 4.29. The summed E-state index contributed by atoms with van der Waals surface area (Å²) in [5.41, 5.74) is -1.35. The zero-order valence-corrected chi connectivity index (χ0v) is 17.1. The predicted molar refractivity (Wildman–Crippen MR) is 103 cm³/mol. The lowest BCUT2D eigenvalue weighted by molar-refractivity contribution is -0.139. The van der Waals surface area contributed by atoms with Gasteiger partial charge in [0, 0.05) is 12.1 Å². The maximum absolute atomic E-state index is 13.4. The summed E-state index contributed by atoms with van der Waals surface area (Å²) in [5.74, 6) is -0.610. The van der Waals surface area contributed by atoms with Crippen molar-refractivity contribution in [3.8, 4) is 0 Å². The summed E-state index contributed by atoms with van der Waals surface area (Å²) < 4.78 is 67.2. The van der Waals surface area contributed by atoms with Crippen molar-refractivity contribution < 1.29 is 26.4 Å². The molecule has 158 valence electrons. The summed E-state index contributed by atoms with van der Waals surface area (Å²) in [5, 5.41) is 2.64. The Hall–Kier alpha value is -2.39. The van der Waals surface area contributed by atoms with Gasteiger partial charge in [0.1, 0.15) is 0 Å². The second kappa shape index (κ2) is 8.54. The lowest BCUT2D eigenvalue weighted by Gasteiger charge is -2.26. The van der Waals surface area contributed by atoms with E-state index < -0.39 is 44.6 Å². The zero-order chi connectivity index (χ0) is 21.9. The third-order valence-corrected chi connectivity index (χ3v) is 5.70. The highest BCUT2D eigenvalue weighted by Gasteiger charge is 2.39. The largest absolute Gasteiger partial charge is 0.417 e. The van der Waals surface area contributed by atoms with Gasteiger partial charge in [-0.15, -0.1) is 0 Å². The number of carbonyl (C=O) groups excluding carboxylic acids is 1. The highest BCUT2D eigenvalue weighted by atomic mass is 32.2. The molecular formula is C20H23F3N2O3S. The second-order valence-corrected chi connectivity index (χ2v) is 9.46. The van der Waals surface area contributed by atoms with Crippen LogP contribution in [0, 0.1) is 0 Å². The smallest absolute Gasteiger partial charge is 0.350 e. The minimum absolute atomic E-state index is 0.243. The van der Waals surface area contributed by atoms with Gasteiger partial charge in [0.25, 0.3) is 0 Å². The Morgan fingerprint density at radius 3 is 2.07 bits per heavy atom. The van der Waals surface area contributed by atoms with Crippen LogP contribution in [0.2, 0.25) is 0 Å². The van der Waals surface area contributed by atoms with Gasteiger partial charge in [0.15, 0.2) is 0 Å². The molecule has 0 bridgehead atoms. The summed E-state index contributed by atoms with van der Waals surface area (Å²) in [6.45, 7) is 4.31. The molecule has 5 nitrogen and oxygen atoms in total. The van der Waals surface area contributed by atoms with Gasteiger partial charge in [-0.3, -0.25) is 4.79 Å². The van der Waals surface area contributed by atoms with Crippen molar-refractivity contribution in [3.63, 3.8) is 0 Å². The van der Waals surface area contributed by atoms with Crippen LogP contribution in [0.3, 0.4) is 0 Å². The highest BCUT2D eigenvalue weighted by molar-refractivity contribution is 7.89. The van der Waals surface area contributed by atoms with Crippen molar-refractivity contribution in [2.45, 2.75) is 43.9 Å². The van der Waals surface area contributed by atoms with Crippen LogP contribution < -0.4 is 5.32 Å². The minimum Gasteiger partial charge on any atom is -0.350 e. The molecule has 9 heteroatoms. The number of nitrogens with one attached hydrogen (secondary N) is 1. The molecule has 2 aromatic rings. The van der Waals surface area contributed by atoms with Crippen LogP contribution in [-0.2, 0) is 27.5 Å². The molecule has 0 atom stereocenters. The molecule has 0 unspecified atom stereocenters. The number of nitrogens with zero attached hydrogens (tertiary/aromatic N) is 1. The summed E-state index contributed by atoms with van der Waals surface area (Å²) in [6, 6.07) is 12.3. The van der Waals surface area contributed by atoms with E-state index >= 15 is 0 Å². The number of alkyl halides is 3. The molecule has 0 saturated heterocycles. The molecule has 0 aliphatic heterocycles. The Bertz CT molecular complexity index is 953. The monoisotopic (exact) mass is 428 g/mol. The number of carbonyl (C=O) groups is 1. The van der Waals surface area contributed by atoms with Crippen LogP contribution >= 0.6 is 0 Å². The number of amides is 1. The predicted octanol–water partition coefficient (Wildman–Crippen LogP) is 3.81. The summed E-state index contributed by atoms with van der Waals surface area (Å²) in [7, 11) is -4.61. The van der Waals surface area contributed by atoms with Crippen LogP contribution in [0.4, 0.5) is 13.2 Å². The molecule has 0 saturated carbocycles. The van der Waals surface area contributed by atoms with Gasteiger partial charge in [-0.1, -0.05) is 42.5 Å². The quantitative estimate of drug-likeness (QED) is 0.761. The first kappa shape index (κ1) is 22.9. The van der Waals surface area contributed by atoms with Gasteiger partial charge in [0.05, 0.1) is 17.0 Å². The molecule has 1 N–H and O–H groups in total. The molecule has 0 aromatic heterocycles. The SMILES string of the molecule is CC(C)(C)NC(=O)CN(Cc1ccccc1)S(=O)(=O)c1ccccc1C(F)(F)F. The van der Waals surface area contributed by atoms with Crippen LogP contribution in [0.1, 0.15) is 31.9 Å². The molecule has 0 heterocycles. The summed E-state index contributed by atoms with van der Waals surface area (Å²) in [4.78, 5) is 11.5. The van der Waals surface area contributed by atoms with E-state index in [0.717, 1.165) is 16.4 Å². The van der Waals surface area contributed by atoms with E-state index in [-0.39, 0.29) is 6.54 Å². The highest BCUT2D eigenvalue weighted by Crippen LogP contribution is 2.35. The van der Waals surface area contributed by atoms with Crippen LogP contribution in [0.5, 0.6) is 0 Å². The Morgan fingerprint density at radius 2 is 1.52 bits per heavy atom. The van der Waals surface area contributed by atoms with E-state index in [1.54, 1.807) is 51.1 Å². The average molecular weight is 428 g/mol. The lowest BCUT2D eigenvalue weighted by Crippen LogP contribution is -2.47. The van der Waals surface area contributed by atoms with Crippen LogP contribution in [0.15, 0.2) is 59.5 Å². The number of halogens is 3. The Kier molecular flexibility index (Phi) is 6.74. The first-order valence-electron chi connectivity index (χ1n) is 8.82. The van der Waals surface area contributed by atoms with E-state index in [4.69, 9.17) is 0 Å². The second-order valence-electron chi connectivity index (χ2n) is 7.55. The molecule has 1 amide bonds. The molecule has 29 heavy (non-hydrogen) atoms. The molecule has 0 radical (unpaired) electrons. The van der Waals surface area contributed by atoms with Crippen molar-refractivity contribution >= 4 is 15.9 Å². The molecular weight excluding hydrogens is 405 g/mol. The normalized spacial score (nSPS) is 12.8. The minimum atomic E-state index is -4.85. The van der Waals surface area contributed by atoms with Crippen molar-refractivity contribution in [3.05, 3.63) is 65.7 Å². The third kappa shape index (κ3) is 6.30.